The number of nitrogens with one attached hydrogen (secondary N) is 1. The Hall–Kier alpha value is -1.49. The maximum Gasteiger partial charge on any atom is 0.329 e. The largest absolute Gasteiger partial charge is 0.480 e. The van der Waals surface area contributed by atoms with Gasteiger partial charge >= 0.3 is 5.97 Å². The van der Waals surface area contributed by atoms with Crippen molar-refractivity contribution in [3.63, 3.8) is 0 Å². The number of hydrogen-bond acceptors (Lipinski definition) is 3. The van der Waals surface area contributed by atoms with Crippen LogP contribution in [0.2, 0.25) is 0 Å². The number of rotatable bonds is 3. The first-order valence-corrected chi connectivity index (χ1v) is 7.29. The second-order valence-corrected chi connectivity index (χ2v) is 6.39. The topological polar surface area (TPSA) is 66.4 Å². The van der Waals surface area contributed by atoms with Gasteiger partial charge in [0.05, 0.1) is 5.25 Å². The van der Waals surface area contributed by atoms with E-state index in [9.17, 15) is 14.7 Å². The molecule has 0 aromatic heterocycles. The van der Waals surface area contributed by atoms with Gasteiger partial charge in [0.15, 0.2) is 0 Å². The molecule has 1 heterocycles. The molecule has 1 unspecified atom stereocenters. The van der Waals surface area contributed by atoms with E-state index in [1.54, 1.807) is 0 Å². The molecule has 3 rings (SSSR count). The summed E-state index contributed by atoms with van der Waals surface area (Å²) in [5.41, 5.74) is 0.164. The molecule has 2 aliphatic rings. The van der Waals surface area contributed by atoms with Crippen molar-refractivity contribution in [3.8, 4) is 0 Å². The van der Waals surface area contributed by atoms with Gasteiger partial charge < -0.3 is 10.4 Å². The fraction of sp³-hybridized carbons (Fsp3) is 0.429. The standard InChI is InChI=1S/C14H15NO3S/c16-12(15-14(13(17)18)6-3-7-14)11-8-9-4-1-2-5-10(9)19-11/h1-2,4-5,11H,3,6-8H2,(H,15,16)(H,17,18). The zero-order valence-electron chi connectivity index (χ0n) is 10.4. The lowest BCUT2D eigenvalue weighted by Crippen LogP contribution is -2.60. The molecule has 2 N–H and O–H groups in total. The third kappa shape index (κ3) is 2.12. The van der Waals surface area contributed by atoms with Crippen LogP contribution in [-0.2, 0) is 16.0 Å². The van der Waals surface area contributed by atoms with Crippen LogP contribution in [0, 0.1) is 0 Å². The number of aliphatic carboxylic acids is 1. The third-order valence-electron chi connectivity index (χ3n) is 3.92. The van der Waals surface area contributed by atoms with E-state index >= 15 is 0 Å². The van der Waals surface area contributed by atoms with Crippen LogP contribution in [0.4, 0.5) is 0 Å². The molecular formula is C14H15NO3S. The number of carbonyl (C=O) groups excluding carboxylic acids is 1. The number of amides is 1. The van der Waals surface area contributed by atoms with Gasteiger partial charge in [-0.15, -0.1) is 11.8 Å². The summed E-state index contributed by atoms with van der Waals surface area (Å²) in [5.74, 6) is -1.06. The highest BCUT2D eigenvalue weighted by molar-refractivity contribution is 8.01. The van der Waals surface area contributed by atoms with Gasteiger partial charge in [-0.2, -0.15) is 0 Å². The zero-order valence-corrected chi connectivity index (χ0v) is 11.2. The molecular weight excluding hydrogens is 262 g/mol. The molecule has 1 amide bonds. The fourth-order valence-electron chi connectivity index (χ4n) is 2.57. The van der Waals surface area contributed by atoms with Gasteiger partial charge in [0, 0.05) is 4.90 Å². The molecule has 1 aromatic rings. The molecule has 100 valence electrons. The summed E-state index contributed by atoms with van der Waals surface area (Å²) >= 11 is 1.53. The van der Waals surface area contributed by atoms with E-state index in [-0.39, 0.29) is 11.2 Å². The predicted molar refractivity (Wildman–Crippen MR) is 72.2 cm³/mol. The van der Waals surface area contributed by atoms with E-state index < -0.39 is 11.5 Å². The lowest BCUT2D eigenvalue weighted by molar-refractivity contribution is -0.151. The first-order chi connectivity index (χ1) is 9.11. The summed E-state index contributed by atoms with van der Waals surface area (Å²) in [6.45, 7) is 0. The van der Waals surface area contributed by atoms with Gasteiger partial charge in [0.1, 0.15) is 5.54 Å². The molecule has 4 nitrogen and oxygen atoms in total. The number of thioether (sulfide) groups is 1. The molecule has 1 aliphatic heterocycles. The quantitative estimate of drug-likeness (QED) is 0.884. The van der Waals surface area contributed by atoms with Crippen molar-refractivity contribution in [2.24, 2.45) is 0 Å². The van der Waals surface area contributed by atoms with Crippen molar-refractivity contribution in [2.45, 2.75) is 41.4 Å². The second-order valence-electron chi connectivity index (χ2n) is 5.15. The summed E-state index contributed by atoms with van der Waals surface area (Å²) in [4.78, 5) is 24.6. The summed E-state index contributed by atoms with van der Waals surface area (Å²) in [6, 6.07) is 7.94. The normalized spacial score (nSPS) is 23.3. The van der Waals surface area contributed by atoms with E-state index in [4.69, 9.17) is 0 Å². The first-order valence-electron chi connectivity index (χ1n) is 6.41. The molecule has 1 atom stereocenters. The lowest BCUT2D eigenvalue weighted by Gasteiger charge is -2.38. The van der Waals surface area contributed by atoms with Crippen molar-refractivity contribution in [3.05, 3.63) is 29.8 Å². The summed E-state index contributed by atoms with van der Waals surface area (Å²) in [6.07, 6.45) is 2.63. The van der Waals surface area contributed by atoms with Crippen LogP contribution in [0.1, 0.15) is 24.8 Å². The average Bonchev–Trinajstić information content (AvgIpc) is 2.76. The Bertz CT molecular complexity index is 514. The molecule has 5 heteroatoms. The molecule has 0 bridgehead atoms. The van der Waals surface area contributed by atoms with Crippen LogP contribution < -0.4 is 5.32 Å². The third-order valence-corrected chi connectivity index (χ3v) is 5.24. The number of carboxylic acid groups (broad SMARTS) is 1. The van der Waals surface area contributed by atoms with Crippen molar-refractivity contribution in [2.75, 3.05) is 0 Å². The molecule has 1 fully saturated rings. The van der Waals surface area contributed by atoms with E-state index in [2.05, 4.69) is 5.32 Å². The maximum absolute atomic E-state index is 12.2. The van der Waals surface area contributed by atoms with E-state index in [0.29, 0.717) is 19.3 Å². The van der Waals surface area contributed by atoms with Crippen LogP contribution in [0.25, 0.3) is 0 Å². The molecule has 0 saturated heterocycles. The monoisotopic (exact) mass is 277 g/mol. The Balaban J connectivity index is 1.69. The van der Waals surface area contributed by atoms with Gasteiger partial charge in [-0.3, -0.25) is 4.79 Å². The van der Waals surface area contributed by atoms with E-state index in [1.165, 1.54) is 17.3 Å². The number of carbonyl (C=O) groups is 2. The van der Waals surface area contributed by atoms with E-state index in [1.807, 2.05) is 24.3 Å². The maximum atomic E-state index is 12.2. The smallest absolute Gasteiger partial charge is 0.329 e. The van der Waals surface area contributed by atoms with Crippen molar-refractivity contribution in [1.82, 2.24) is 5.32 Å². The number of benzene rings is 1. The highest BCUT2D eigenvalue weighted by atomic mass is 32.2. The zero-order chi connectivity index (χ0) is 13.5. The first kappa shape index (κ1) is 12.5. The van der Waals surface area contributed by atoms with Crippen LogP contribution in [0.5, 0.6) is 0 Å². The van der Waals surface area contributed by atoms with Gasteiger partial charge in [-0.1, -0.05) is 18.2 Å². The molecule has 1 aliphatic carbocycles. The Morgan fingerprint density at radius 3 is 2.63 bits per heavy atom. The molecule has 19 heavy (non-hydrogen) atoms. The highest BCUT2D eigenvalue weighted by Crippen LogP contribution is 2.38. The number of fused-ring (bicyclic) bond motifs is 1. The van der Waals surface area contributed by atoms with Crippen LogP contribution in [-0.4, -0.2) is 27.8 Å². The lowest BCUT2D eigenvalue weighted by atomic mass is 9.76. The minimum atomic E-state index is -1.01. The molecule has 0 radical (unpaired) electrons. The highest BCUT2D eigenvalue weighted by Gasteiger charge is 2.47. The molecule has 0 spiro atoms. The van der Waals surface area contributed by atoms with Crippen molar-refractivity contribution >= 4 is 23.6 Å². The van der Waals surface area contributed by atoms with Gasteiger partial charge in [0.25, 0.3) is 0 Å². The Morgan fingerprint density at radius 1 is 1.32 bits per heavy atom. The Labute approximate surface area is 115 Å². The van der Waals surface area contributed by atoms with Crippen molar-refractivity contribution < 1.29 is 14.7 Å². The Morgan fingerprint density at radius 2 is 2.05 bits per heavy atom. The van der Waals surface area contributed by atoms with E-state index in [0.717, 1.165) is 11.3 Å². The molecule has 1 aromatic carbocycles. The van der Waals surface area contributed by atoms with Crippen molar-refractivity contribution in [1.29, 1.82) is 0 Å². The van der Waals surface area contributed by atoms with Gasteiger partial charge in [0.2, 0.25) is 5.91 Å². The van der Waals surface area contributed by atoms with Crippen LogP contribution in [0.15, 0.2) is 29.2 Å². The summed E-state index contributed by atoms with van der Waals surface area (Å²) in [7, 11) is 0. The summed E-state index contributed by atoms with van der Waals surface area (Å²) < 4.78 is 0. The van der Waals surface area contributed by atoms with Crippen LogP contribution >= 0.6 is 11.8 Å². The SMILES string of the molecule is O=C(NC1(C(=O)O)CCC1)C1Cc2ccccc2S1. The summed E-state index contributed by atoms with van der Waals surface area (Å²) in [5, 5.41) is 11.8. The predicted octanol–water partition coefficient (Wildman–Crippen LogP) is 1.83. The second kappa shape index (κ2) is 4.56. The number of carboxylic acids is 1. The average molecular weight is 277 g/mol. The fourth-order valence-corrected chi connectivity index (χ4v) is 3.76. The van der Waals surface area contributed by atoms with Gasteiger partial charge in [-0.05, 0) is 37.3 Å². The van der Waals surface area contributed by atoms with Crippen LogP contribution in [0.3, 0.4) is 0 Å². The molecule has 1 saturated carbocycles. The minimum Gasteiger partial charge on any atom is -0.480 e. The Kier molecular flexibility index (Phi) is 3.01. The minimum absolute atomic E-state index is 0.150. The number of hydrogen-bond donors (Lipinski definition) is 2. The van der Waals surface area contributed by atoms with Gasteiger partial charge in [-0.25, -0.2) is 4.79 Å².